The van der Waals surface area contributed by atoms with E-state index in [4.69, 9.17) is 0 Å². The Kier molecular flexibility index (Phi) is 4.89. The molecule has 0 fully saturated rings. The van der Waals surface area contributed by atoms with Gasteiger partial charge < -0.3 is 10.4 Å². The van der Waals surface area contributed by atoms with Gasteiger partial charge in [0, 0.05) is 18.0 Å². The highest BCUT2D eigenvalue weighted by Gasteiger charge is 2.17. The van der Waals surface area contributed by atoms with E-state index < -0.39 is 0 Å². The van der Waals surface area contributed by atoms with Gasteiger partial charge in [-0.2, -0.15) is 0 Å². The minimum absolute atomic E-state index is 0.172. The molecule has 16 heavy (non-hydrogen) atoms. The summed E-state index contributed by atoms with van der Waals surface area (Å²) in [5, 5.41) is 15.2. The molecule has 2 N–H and O–H groups in total. The lowest BCUT2D eigenvalue weighted by Gasteiger charge is -2.23. The van der Waals surface area contributed by atoms with Gasteiger partial charge in [0.15, 0.2) is 0 Å². The van der Waals surface area contributed by atoms with Gasteiger partial charge in [0.25, 0.3) is 0 Å². The molecular weight excluding hydrogens is 220 g/mol. The second-order valence-electron chi connectivity index (χ2n) is 5.46. The van der Waals surface area contributed by atoms with Crippen LogP contribution in [-0.4, -0.2) is 22.7 Å². The number of nitrogens with zero attached hydrogens (tertiary/aromatic N) is 1. The summed E-state index contributed by atoms with van der Waals surface area (Å²) in [5.41, 5.74) is 3.05. The number of hydrogen-bond donors (Lipinski definition) is 2. The van der Waals surface area contributed by atoms with E-state index in [1.807, 2.05) is 10.9 Å². The predicted octanol–water partition coefficient (Wildman–Crippen LogP) is 2.59. The maximum absolute atomic E-state index is 9.85. The Labute approximate surface area is 102 Å². The van der Waals surface area contributed by atoms with Crippen molar-refractivity contribution < 1.29 is 5.11 Å². The molecule has 0 aliphatic heterocycles. The third kappa shape index (κ3) is 5.05. The lowest BCUT2D eigenvalue weighted by atomic mass is 9.89. The third-order valence-electron chi connectivity index (χ3n) is 2.40. The molecular formula is C12H22N2OS. The fourth-order valence-electron chi connectivity index (χ4n) is 1.63. The number of hydrogen-bond acceptors (Lipinski definition) is 4. The van der Waals surface area contributed by atoms with Crippen molar-refractivity contribution >= 4 is 11.3 Å². The van der Waals surface area contributed by atoms with Gasteiger partial charge in [0.2, 0.25) is 0 Å². The molecule has 0 amide bonds. The van der Waals surface area contributed by atoms with E-state index in [2.05, 4.69) is 38.0 Å². The van der Waals surface area contributed by atoms with Crippen LogP contribution in [0.25, 0.3) is 0 Å². The van der Waals surface area contributed by atoms with Crippen LogP contribution in [0.3, 0.4) is 0 Å². The molecule has 3 nitrogen and oxygen atoms in total. The first-order chi connectivity index (χ1) is 7.38. The molecule has 0 aromatic carbocycles. The summed E-state index contributed by atoms with van der Waals surface area (Å²) in [7, 11) is 0. The van der Waals surface area contributed by atoms with Crippen molar-refractivity contribution in [3.63, 3.8) is 0 Å². The standard InChI is InChI=1S/C12H22N2OS/c1-9(11-7-16-8-14-11)13-6-10(15)5-12(2,3)4/h7-10,13,15H,5-6H2,1-4H3. The number of nitrogens with one attached hydrogen (secondary N) is 1. The van der Waals surface area contributed by atoms with E-state index >= 15 is 0 Å². The maximum Gasteiger partial charge on any atom is 0.0795 e. The Bertz CT molecular complexity index is 292. The van der Waals surface area contributed by atoms with Gasteiger partial charge in [-0.05, 0) is 18.8 Å². The minimum Gasteiger partial charge on any atom is -0.392 e. The van der Waals surface area contributed by atoms with Crippen molar-refractivity contribution in [3.8, 4) is 0 Å². The molecule has 1 aromatic rings. The van der Waals surface area contributed by atoms with Crippen LogP contribution < -0.4 is 5.32 Å². The highest BCUT2D eigenvalue weighted by molar-refractivity contribution is 7.07. The van der Waals surface area contributed by atoms with Crippen molar-refractivity contribution in [2.45, 2.75) is 46.3 Å². The number of aliphatic hydroxyl groups excluding tert-OH is 1. The topological polar surface area (TPSA) is 45.1 Å². The Morgan fingerprint density at radius 2 is 2.19 bits per heavy atom. The summed E-state index contributed by atoms with van der Waals surface area (Å²) in [5.74, 6) is 0. The zero-order valence-electron chi connectivity index (χ0n) is 10.5. The van der Waals surface area contributed by atoms with Gasteiger partial charge in [-0.3, -0.25) is 0 Å². The van der Waals surface area contributed by atoms with Gasteiger partial charge in [0.05, 0.1) is 17.3 Å². The van der Waals surface area contributed by atoms with Crippen LogP contribution in [-0.2, 0) is 0 Å². The lowest BCUT2D eigenvalue weighted by molar-refractivity contribution is 0.117. The molecule has 92 valence electrons. The summed E-state index contributed by atoms with van der Waals surface area (Å²) >= 11 is 1.60. The average Bonchev–Trinajstić information content (AvgIpc) is 2.64. The molecule has 1 rings (SSSR count). The highest BCUT2D eigenvalue weighted by Crippen LogP contribution is 2.20. The van der Waals surface area contributed by atoms with Crippen molar-refractivity contribution in [2.75, 3.05) is 6.54 Å². The van der Waals surface area contributed by atoms with Crippen molar-refractivity contribution in [3.05, 3.63) is 16.6 Å². The molecule has 1 heterocycles. The molecule has 0 aliphatic carbocycles. The van der Waals surface area contributed by atoms with E-state index in [9.17, 15) is 5.11 Å². The fraction of sp³-hybridized carbons (Fsp3) is 0.750. The van der Waals surface area contributed by atoms with Gasteiger partial charge in [-0.15, -0.1) is 11.3 Å². The average molecular weight is 242 g/mol. The SMILES string of the molecule is CC(NCC(O)CC(C)(C)C)c1cscn1. The molecule has 2 unspecified atom stereocenters. The quantitative estimate of drug-likeness (QED) is 0.834. The predicted molar refractivity (Wildman–Crippen MR) is 68.6 cm³/mol. The van der Waals surface area contributed by atoms with Crippen LogP contribution in [0.5, 0.6) is 0 Å². The zero-order valence-corrected chi connectivity index (χ0v) is 11.3. The van der Waals surface area contributed by atoms with E-state index in [1.54, 1.807) is 11.3 Å². The summed E-state index contributed by atoms with van der Waals surface area (Å²) in [4.78, 5) is 4.24. The van der Waals surface area contributed by atoms with Crippen molar-refractivity contribution in [1.29, 1.82) is 0 Å². The van der Waals surface area contributed by atoms with Gasteiger partial charge >= 0.3 is 0 Å². The van der Waals surface area contributed by atoms with Crippen LogP contribution in [0.2, 0.25) is 0 Å². The maximum atomic E-state index is 9.85. The molecule has 0 aliphatic rings. The van der Waals surface area contributed by atoms with Crippen LogP contribution in [0, 0.1) is 5.41 Å². The normalized spacial score (nSPS) is 16.1. The van der Waals surface area contributed by atoms with Crippen LogP contribution in [0.1, 0.15) is 45.9 Å². The zero-order chi connectivity index (χ0) is 12.2. The summed E-state index contributed by atoms with van der Waals surface area (Å²) < 4.78 is 0. The number of rotatable bonds is 5. The molecule has 0 bridgehead atoms. The third-order valence-corrected chi connectivity index (χ3v) is 3.01. The Balaban J connectivity index is 2.29. The minimum atomic E-state index is -0.291. The van der Waals surface area contributed by atoms with Crippen LogP contribution >= 0.6 is 11.3 Å². The molecule has 4 heteroatoms. The first-order valence-electron chi connectivity index (χ1n) is 5.68. The smallest absolute Gasteiger partial charge is 0.0795 e. The van der Waals surface area contributed by atoms with Gasteiger partial charge in [-0.1, -0.05) is 20.8 Å². The van der Waals surface area contributed by atoms with E-state index in [0.717, 1.165) is 12.1 Å². The number of aliphatic hydroxyl groups is 1. The number of thiazole rings is 1. The Morgan fingerprint density at radius 3 is 2.69 bits per heavy atom. The summed E-state index contributed by atoms with van der Waals surface area (Å²) in [6.07, 6.45) is 0.519. The number of aromatic nitrogens is 1. The second kappa shape index (κ2) is 5.75. The summed E-state index contributed by atoms with van der Waals surface area (Å²) in [6.45, 7) is 9.11. The fourth-order valence-corrected chi connectivity index (χ4v) is 2.28. The largest absolute Gasteiger partial charge is 0.392 e. The Morgan fingerprint density at radius 1 is 1.50 bits per heavy atom. The first kappa shape index (κ1) is 13.6. The van der Waals surface area contributed by atoms with Crippen LogP contribution in [0.4, 0.5) is 0 Å². The Hall–Kier alpha value is -0.450. The second-order valence-corrected chi connectivity index (χ2v) is 6.18. The van der Waals surface area contributed by atoms with Crippen molar-refractivity contribution in [1.82, 2.24) is 10.3 Å². The van der Waals surface area contributed by atoms with Crippen LogP contribution in [0.15, 0.2) is 10.9 Å². The lowest BCUT2D eigenvalue weighted by Crippen LogP contribution is -2.31. The van der Waals surface area contributed by atoms with Gasteiger partial charge in [-0.25, -0.2) is 4.98 Å². The molecule has 2 atom stereocenters. The molecule has 0 radical (unpaired) electrons. The van der Waals surface area contributed by atoms with E-state index in [0.29, 0.717) is 6.54 Å². The van der Waals surface area contributed by atoms with E-state index in [-0.39, 0.29) is 17.6 Å². The van der Waals surface area contributed by atoms with Crippen molar-refractivity contribution in [2.24, 2.45) is 5.41 Å². The van der Waals surface area contributed by atoms with E-state index in [1.165, 1.54) is 0 Å². The monoisotopic (exact) mass is 242 g/mol. The molecule has 0 saturated heterocycles. The molecule has 1 aromatic heterocycles. The highest BCUT2D eigenvalue weighted by atomic mass is 32.1. The summed E-state index contributed by atoms with van der Waals surface area (Å²) in [6, 6.07) is 0.209. The first-order valence-corrected chi connectivity index (χ1v) is 6.62. The molecule has 0 saturated carbocycles. The molecule has 0 spiro atoms. The van der Waals surface area contributed by atoms with Gasteiger partial charge in [0.1, 0.15) is 0 Å².